The molecule has 4 rings (SSSR count). The van der Waals surface area contributed by atoms with Crippen LogP contribution in [0.5, 0.6) is 0 Å². The molecule has 0 spiro atoms. The molecule has 3 aromatic rings. The van der Waals surface area contributed by atoms with Gasteiger partial charge in [0.25, 0.3) is 0 Å². The Morgan fingerprint density at radius 1 is 1.00 bits per heavy atom. The van der Waals surface area contributed by atoms with E-state index in [1.54, 1.807) is 24.3 Å². The molecule has 0 fully saturated rings. The number of hydrogen-bond donors (Lipinski definition) is 1. The molecule has 0 radical (unpaired) electrons. The maximum absolute atomic E-state index is 13.3. The predicted octanol–water partition coefficient (Wildman–Crippen LogP) is 3.98. The van der Waals surface area contributed by atoms with Crippen molar-refractivity contribution in [3.05, 3.63) is 101 Å². The van der Waals surface area contributed by atoms with Gasteiger partial charge in [-0.15, -0.1) is 0 Å². The Bertz CT molecular complexity index is 1050. The number of anilines is 1. The summed E-state index contributed by atoms with van der Waals surface area (Å²) in [6, 6.07) is 13.5. The van der Waals surface area contributed by atoms with Gasteiger partial charge in [-0.05, 0) is 42.0 Å². The van der Waals surface area contributed by atoms with E-state index in [-0.39, 0.29) is 5.82 Å². The lowest BCUT2D eigenvalue weighted by atomic mass is 9.99. The van der Waals surface area contributed by atoms with Gasteiger partial charge in [0, 0.05) is 29.8 Å². The maximum atomic E-state index is 13.3. The third-order valence-corrected chi connectivity index (χ3v) is 4.60. The molecule has 0 aliphatic carbocycles. The molecule has 1 aliphatic heterocycles. The third-order valence-electron chi connectivity index (χ3n) is 4.60. The smallest absolute Gasteiger partial charge is 0.342 e. The fraction of sp³-hybridized carbons (Fsp3) is 0.0952. The van der Waals surface area contributed by atoms with E-state index >= 15 is 0 Å². The highest BCUT2D eigenvalue weighted by molar-refractivity contribution is 6.03. The minimum atomic E-state index is -0.504. The van der Waals surface area contributed by atoms with E-state index in [9.17, 15) is 18.8 Å². The van der Waals surface area contributed by atoms with E-state index in [1.165, 1.54) is 53.8 Å². The average molecular weight is 394 g/mol. The standard InChI is InChI=1S/C21H16F2N4O2/c22-16-3-1-15(2-4-16)20-13-19(14-9-11-26(29)12-10-14)25-27(20)21(28)24-18-7-5-17(23)6-8-18/h1-12,20H,13H2,(H,24,28). The van der Waals surface area contributed by atoms with Crippen molar-refractivity contribution >= 4 is 17.4 Å². The fourth-order valence-corrected chi connectivity index (χ4v) is 3.14. The second-order valence-electron chi connectivity index (χ2n) is 6.55. The molecule has 29 heavy (non-hydrogen) atoms. The van der Waals surface area contributed by atoms with E-state index < -0.39 is 17.9 Å². The van der Waals surface area contributed by atoms with E-state index in [2.05, 4.69) is 10.4 Å². The summed E-state index contributed by atoms with van der Waals surface area (Å²) < 4.78 is 27.1. The Morgan fingerprint density at radius 3 is 2.21 bits per heavy atom. The minimum absolute atomic E-state index is 0.377. The first-order valence-electron chi connectivity index (χ1n) is 8.87. The summed E-state index contributed by atoms with van der Waals surface area (Å²) in [5, 5.41) is 19.7. The molecule has 8 heteroatoms. The normalized spacial score (nSPS) is 15.9. The Morgan fingerprint density at radius 2 is 1.59 bits per heavy atom. The third kappa shape index (κ3) is 4.06. The number of pyridine rings is 1. The van der Waals surface area contributed by atoms with Crippen molar-refractivity contribution in [1.29, 1.82) is 0 Å². The second-order valence-corrected chi connectivity index (χ2v) is 6.55. The van der Waals surface area contributed by atoms with Gasteiger partial charge in [0.2, 0.25) is 0 Å². The van der Waals surface area contributed by atoms with Gasteiger partial charge in [-0.2, -0.15) is 9.83 Å². The van der Waals surface area contributed by atoms with E-state index in [0.29, 0.717) is 33.7 Å². The van der Waals surface area contributed by atoms with Crippen molar-refractivity contribution in [3.8, 4) is 0 Å². The topological polar surface area (TPSA) is 71.6 Å². The lowest BCUT2D eigenvalue weighted by Gasteiger charge is -2.22. The highest BCUT2D eigenvalue weighted by Crippen LogP contribution is 2.33. The summed E-state index contributed by atoms with van der Waals surface area (Å²) in [4.78, 5) is 12.9. The van der Waals surface area contributed by atoms with Crippen LogP contribution in [-0.4, -0.2) is 16.8 Å². The zero-order chi connectivity index (χ0) is 20.4. The summed E-state index contributed by atoms with van der Waals surface area (Å²) in [6.45, 7) is 0. The summed E-state index contributed by atoms with van der Waals surface area (Å²) in [5.74, 6) is -0.786. The maximum Gasteiger partial charge on any atom is 0.342 e. The zero-order valence-corrected chi connectivity index (χ0v) is 15.1. The molecule has 1 atom stereocenters. The number of halogens is 2. The van der Waals surface area contributed by atoms with Crippen molar-refractivity contribution in [2.24, 2.45) is 5.10 Å². The van der Waals surface area contributed by atoms with Gasteiger partial charge in [0.05, 0.1) is 11.8 Å². The highest BCUT2D eigenvalue weighted by atomic mass is 19.1. The van der Waals surface area contributed by atoms with Gasteiger partial charge in [-0.1, -0.05) is 12.1 Å². The summed E-state index contributed by atoms with van der Waals surface area (Å²) in [5.41, 5.74) is 2.47. The number of carbonyl (C=O) groups excluding carboxylic acids is 1. The second kappa shape index (κ2) is 7.67. The number of amides is 2. The summed E-state index contributed by atoms with van der Waals surface area (Å²) >= 11 is 0. The lowest BCUT2D eigenvalue weighted by molar-refractivity contribution is -0.605. The van der Waals surface area contributed by atoms with Crippen LogP contribution in [0.25, 0.3) is 0 Å². The van der Waals surface area contributed by atoms with E-state index in [1.807, 2.05) is 0 Å². The van der Waals surface area contributed by atoms with Gasteiger partial charge >= 0.3 is 6.03 Å². The minimum Gasteiger partial charge on any atom is -0.619 e. The largest absolute Gasteiger partial charge is 0.619 e. The number of carbonyl (C=O) groups is 1. The van der Waals surface area contributed by atoms with E-state index in [0.717, 1.165) is 0 Å². The highest BCUT2D eigenvalue weighted by Gasteiger charge is 2.33. The SMILES string of the molecule is O=C(Nc1ccc(F)cc1)N1N=C(c2cc[n+]([O-])cc2)CC1c1ccc(F)cc1. The zero-order valence-electron chi connectivity index (χ0n) is 15.1. The lowest BCUT2D eigenvalue weighted by Crippen LogP contribution is -2.31. The van der Waals surface area contributed by atoms with Crippen LogP contribution in [0.1, 0.15) is 23.6 Å². The summed E-state index contributed by atoms with van der Waals surface area (Å²) in [6.07, 6.45) is 3.10. The molecule has 6 nitrogen and oxygen atoms in total. The molecule has 1 aliphatic rings. The molecule has 1 N–H and O–H groups in total. The Kier molecular flexibility index (Phi) is 4.90. The van der Waals surface area contributed by atoms with Crippen LogP contribution in [-0.2, 0) is 0 Å². The van der Waals surface area contributed by atoms with Gasteiger partial charge < -0.3 is 10.5 Å². The fourth-order valence-electron chi connectivity index (χ4n) is 3.14. The van der Waals surface area contributed by atoms with Crippen LogP contribution in [0.15, 0.2) is 78.2 Å². The quantitative estimate of drug-likeness (QED) is 0.539. The van der Waals surface area contributed by atoms with Gasteiger partial charge in [0.1, 0.15) is 11.6 Å². The number of nitrogens with zero attached hydrogens (tertiary/aromatic N) is 3. The molecule has 2 heterocycles. The molecule has 1 unspecified atom stereocenters. The van der Waals surface area contributed by atoms with Crippen LogP contribution in [0.2, 0.25) is 0 Å². The van der Waals surface area contributed by atoms with Gasteiger partial charge in [-0.3, -0.25) is 0 Å². The Balaban J connectivity index is 1.64. The monoisotopic (exact) mass is 394 g/mol. The molecular weight excluding hydrogens is 378 g/mol. The first-order chi connectivity index (χ1) is 14.0. The van der Waals surface area contributed by atoms with Crippen LogP contribution in [0, 0.1) is 16.8 Å². The van der Waals surface area contributed by atoms with Crippen molar-refractivity contribution in [3.63, 3.8) is 0 Å². The Hall–Kier alpha value is -3.81. The van der Waals surface area contributed by atoms with Crippen LogP contribution >= 0.6 is 0 Å². The van der Waals surface area contributed by atoms with Crippen LogP contribution in [0.4, 0.5) is 19.3 Å². The number of aromatic nitrogens is 1. The molecule has 0 bridgehead atoms. The Labute approximate surface area is 165 Å². The number of nitrogens with one attached hydrogen (secondary N) is 1. The number of urea groups is 1. The first-order valence-corrected chi connectivity index (χ1v) is 8.87. The molecule has 2 amide bonds. The number of hydrogen-bond acceptors (Lipinski definition) is 3. The van der Waals surface area contributed by atoms with Crippen molar-refractivity contribution < 1.29 is 18.3 Å². The molecule has 0 saturated heterocycles. The van der Waals surface area contributed by atoms with Crippen molar-refractivity contribution in [2.75, 3.05) is 5.32 Å². The molecule has 1 aromatic heterocycles. The number of hydrazone groups is 1. The summed E-state index contributed by atoms with van der Waals surface area (Å²) in [7, 11) is 0. The first kappa shape index (κ1) is 18.5. The molecule has 146 valence electrons. The van der Waals surface area contributed by atoms with Crippen molar-refractivity contribution in [1.82, 2.24) is 5.01 Å². The van der Waals surface area contributed by atoms with Gasteiger partial charge in [-0.25, -0.2) is 18.6 Å². The molecular formula is C21H16F2N4O2. The molecule has 2 aromatic carbocycles. The van der Waals surface area contributed by atoms with Crippen LogP contribution < -0.4 is 10.0 Å². The number of rotatable bonds is 3. The molecule has 0 saturated carbocycles. The van der Waals surface area contributed by atoms with Crippen LogP contribution in [0.3, 0.4) is 0 Å². The predicted molar refractivity (Wildman–Crippen MR) is 103 cm³/mol. The van der Waals surface area contributed by atoms with Crippen molar-refractivity contribution in [2.45, 2.75) is 12.5 Å². The van der Waals surface area contributed by atoms with E-state index in [4.69, 9.17) is 0 Å². The average Bonchev–Trinajstić information content (AvgIpc) is 3.16. The number of benzene rings is 2. The van der Waals surface area contributed by atoms with Gasteiger partial charge in [0.15, 0.2) is 12.4 Å².